The van der Waals surface area contributed by atoms with E-state index in [1.54, 1.807) is 29.4 Å². The van der Waals surface area contributed by atoms with Crippen molar-refractivity contribution in [3.05, 3.63) is 41.5 Å². The molecule has 5 rings (SSSR count). The second-order valence-corrected chi connectivity index (χ2v) is 11.2. The van der Waals surface area contributed by atoms with Crippen LogP contribution in [0.5, 0.6) is 17.5 Å². The fourth-order valence-corrected chi connectivity index (χ4v) is 7.72. The van der Waals surface area contributed by atoms with Crippen LogP contribution in [0.4, 0.5) is 0 Å². The molecule has 3 unspecified atom stereocenters. The normalized spacial score (nSPS) is 29.9. The molecular weight excluding hydrogens is 424 g/mol. The first-order valence-corrected chi connectivity index (χ1v) is 13.5. The minimum Gasteiger partial charge on any atom is -0.497 e. The third-order valence-electron chi connectivity index (χ3n) is 9.57. The number of aryl methyl sites for hydroxylation is 1. The molecule has 2 saturated carbocycles. The summed E-state index contributed by atoms with van der Waals surface area (Å²) in [7, 11) is 1.77. The lowest BCUT2D eigenvalue weighted by Gasteiger charge is -2.51. The number of hydrogen-bond donors (Lipinski definition) is 3. The number of benzene rings is 1. The van der Waals surface area contributed by atoms with Gasteiger partial charge >= 0.3 is 0 Å². The van der Waals surface area contributed by atoms with E-state index in [9.17, 15) is 10.2 Å². The van der Waals surface area contributed by atoms with E-state index in [1.165, 1.54) is 56.9 Å². The van der Waals surface area contributed by atoms with Gasteiger partial charge in [-0.2, -0.15) is 0 Å². The number of aromatic hydroxyl groups is 2. The number of ether oxygens (including phenoxy) is 1. The standard InChI is InChI=1S/C29H42N2O3/c1-29-16-15-23-22-10-8-21(34-2)19-20(22)7-9-24(23)25(29)11-12-26(29)30-17-5-3-4-6-18-31-27(32)13-14-28(31)33/h8,10,13-14,19,23-26,30,32-33H,3-7,9,11-12,15-18H2,1-2H3/t23?,24?,25?,26-,29-/m0/s1. The zero-order chi connectivity index (χ0) is 23.7. The second kappa shape index (κ2) is 9.85. The van der Waals surface area contributed by atoms with Crippen molar-refractivity contribution in [3.8, 4) is 17.5 Å². The highest BCUT2D eigenvalue weighted by molar-refractivity contribution is 5.40. The third kappa shape index (κ3) is 4.32. The van der Waals surface area contributed by atoms with Crippen LogP contribution in [0.3, 0.4) is 0 Å². The van der Waals surface area contributed by atoms with Gasteiger partial charge in [-0.05, 0) is 104 Å². The molecule has 5 heteroatoms. The van der Waals surface area contributed by atoms with Gasteiger partial charge in [0.05, 0.1) is 7.11 Å². The minimum atomic E-state index is 0.152. The summed E-state index contributed by atoms with van der Waals surface area (Å²) in [6.45, 7) is 4.36. The van der Waals surface area contributed by atoms with Gasteiger partial charge < -0.3 is 20.3 Å². The molecule has 1 aromatic carbocycles. The molecule has 0 aliphatic heterocycles. The van der Waals surface area contributed by atoms with E-state index < -0.39 is 0 Å². The fraction of sp³-hybridized carbons (Fsp3) is 0.655. The number of nitrogens with one attached hydrogen (secondary N) is 1. The fourth-order valence-electron chi connectivity index (χ4n) is 7.72. The first-order chi connectivity index (χ1) is 16.5. The number of rotatable bonds is 9. The summed E-state index contributed by atoms with van der Waals surface area (Å²) in [5, 5.41) is 23.5. The molecule has 3 N–H and O–H groups in total. The highest BCUT2D eigenvalue weighted by Crippen LogP contribution is 2.61. The Bertz CT molecular complexity index is 966. The average molecular weight is 467 g/mol. The van der Waals surface area contributed by atoms with E-state index in [0.29, 0.717) is 18.0 Å². The Hall–Kier alpha value is -2.14. The van der Waals surface area contributed by atoms with Crippen LogP contribution in [0.2, 0.25) is 0 Å². The number of aromatic nitrogens is 1. The molecule has 3 aliphatic carbocycles. The Kier molecular flexibility index (Phi) is 6.83. The van der Waals surface area contributed by atoms with Crippen molar-refractivity contribution < 1.29 is 14.9 Å². The lowest BCUT2D eigenvalue weighted by Crippen LogP contribution is -2.48. The molecule has 2 fully saturated rings. The van der Waals surface area contributed by atoms with Crippen molar-refractivity contribution in [2.45, 2.75) is 89.6 Å². The van der Waals surface area contributed by atoms with Crippen LogP contribution < -0.4 is 10.1 Å². The quantitative estimate of drug-likeness (QED) is 0.398. The Labute approximate surface area is 204 Å². The lowest BCUT2D eigenvalue weighted by molar-refractivity contribution is 0.0412. The Balaban J connectivity index is 1.09. The molecule has 0 saturated heterocycles. The van der Waals surface area contributed by atoms with Crippen molar-refractivity contribution in [1.29, 1.82) is 0 Å². The molecule has 2 aromatic rings. The third-order valence-corrected chi connectivity index (χ3v) is 9.57. The molecule has 0 amide bonds. The van der Waals surface area contributed by atoms with E-state index in [0.717, 1.165) is 42.9 Å². The van der Waals surface area contributed by atoms with Crippen molar-refractivity contribution in [2.24, 2.45) is 17.3 Å². The topological polar surface area (TPSA) is 66.7 Å². The first kappa shape index (κ1) is 23.6. The molecule has 5 atom stereocenters. The maximum Gasteiger partial charge on any atom is 0.193 e. The highest BCUT2D eigenvalue weighted by atomic mass is 16.5. The van der Waals surface area contributed by atoms with Crippen molar-refractivity contribution >= 4 is 0 Å². The summed E-state index contributed by atoms with van der Waals surface area (Å²) >= 11 is 0. The molecule has 0 radical (unpaired) electrons. The van der Waals surface area contributed by atoms with Crippen LogP contribution in [0, 0.1) is 17.3 Å². The van der Waals surface area contributed by atoms with Gasteiger partial charge in [0, 0.05) is 24.7 Å². The molecule has 34 heavy (non-hydrogen) atoms. The number of nitrogens with zero attached hydrogens (tertiary/aromatic N) is 1. The van der Waals surface area contributed by atoms with E-state index in [2.05, 4.69) is 30.4 Å². The van der Waals surface area contributed by atoms with Crippen LogP contribution in [-0.4, -0.2) is 34.5 Å². The van der Waals surface area contributed by atoms with Crippen LogP contribution in [0.1, 0.15) is 81.8 Å². The molecule has 1 heterocycles. The largest absolute Gasteiger partial charge is 0.497 e. The Morgan fingerprint density at radius 2 is 1.79 bits per heavy atom. The monoisotopic (exact) mass is 466 g/mol. The second-order valence-electron chi connectivity index (χ2n) is 11.2. The van der Waals surface area contributed by atoms with Gasteiger partial charge in [-0.3, -0.25) is 4.57 Å². The van der Waals surface area contributed by atoms with Gasteiger partial charge in [-0.25, -0.2) is 0 Å². The van der Waals surface area contributed by atoms with Gasteiger partial charge in [0.1, 0.15) is 5.75 Å². The molecule has 0 bridgehead atoms. The maximum atomic E-state index is 9.74. The summed E-state index contributed by atoms with van der Waals surface area (Å²) in [5.74, 6) is 3.74. The zero-order valence-electron chi connectivity index (χ0n) is 20.9. The summed E-state index contributed by atoms with van der Waals surface area (Å²) in [6, 6.07) is 10.6. The minimum absolute atomic E-state index is 0.152. The van der Waals surface area contributed by atoms with Crippen molar-refractivity contribution in [1.82, 2.24) is 9.88 Å². The van der Waals surface area contributed by atoms with Crippen LogP contribution in [0.25, 0.3) is 0 Å². The number of fused-ring (bicyclic) bond motifs is 5. The summed E-state index contributed by atoms with van der Waals surface area (Å²) in [5.41, 5.74) is 3.57. The van der Waals surface area contributed by atoms with E-state index in [4.69, 9.17) is 4.74 Å². The zero-order valence-corrected chi connectivity index (χ0v) is 20.9. The maximum absolute atomic E-state index is 9.74. The first-order valence-electron chi connectivity index (χ1n) is 13.5. The molecule has 186 valence electrons. The number of methoxy groups -OCH3 is 1. The molecule has 1 aromatic heterocycles. The van der Waals surface area contributed by atoms with Crippen LogP contribution in [0.15, 0.2) is 30.3 Å². The van der Waals surface area contributed by atoms with Crippen LogP contribution >= 0.6 is 0 Å². The molecule has 3 aliphatic rings. The van der Waals surface area contributed by atoms with Gasteiger partial charge in [0.25, 0.3) is 0 Å². The molecule has 0 spiro atoms. The molecule has 5 nitrogen and oxygen atoms in total. The van der Waals surface area contributed by atoms with E-state index in [-0.39, 0.29) is 11.8 Å². The van der Waals surface area contributed by atoms with Crippen LogP contribution in [-0.2, 0) is 13.0 Å². The summed E-state index contributed by atoms with van der Waals surface area (Å²) < 4.78 is 7.06. The highest BCUT2D eigenvalue weighted by Gasteiger charge is 2.54. The summed E-state index contributed by atoms with van der Waals surface area (Å²) in [6.07, 6.45) is 12.4. The lowest BCUT2D eigenvalue weighted by atomic mass is 9.55. The Morgan fingerprint density at radius 3 is 2.59 bits per heavy atom. The van der Waals surface area contributed by atoms with E-state index in [1.807, 2.05) is 0 Å². The van der Waals surface area contributed by atoms with Gasteiger partial charge in [0.15, 0.2) is 11.8 Å². The smallest absolute Gasteiger partial charge is 0.193 e. The summed E-state index contributed by atoms with van der Waals surface area (Å²) in [4.78, 5) is 0. The predicted octanol–water partition coefficient (Wildman–Crippen LogP) is 5.98. The Morgan fingerprint density at radius 1 is 1.00 bits per heavy atom. The van der Waals surface area contributed by atoms with E-state index >= 15 is 0 Å². The molecular formula is C29H42N2O3. The number of unbranched alkanes of at least 4 members (excludes halogenated alkanes) is 3. The van der Waals surface area contributed by atoms with Crippen molar-refractivity contribution in [3.63, 3.8) is 0 Å². The van der Waals surface area contributed by atoms with Gasteiger partial charge in [-0.1, -0.05) is 25.8 Å². The van der Waals surface area contributed by atoms with Gasteiger partial charge in [-0.15, -0.1) is 0 Å². The SMILES string of the molecule is COc1ccc2c(c1)CCC1C2CC[C@@]2(C)C1CC[C@@H]2NCCCCCCn1c(O)ccc1O. The predicted molar refractivity (Wildman–Crippen MR) is 136 cm³/mol. The average Bonchev–Trinajstić information content (AvgIpc) is 3.36. The van der Waals surface area contributed by atoms with Gasteiger partial charge in [0.2, 0.25) is 0 Å². The number of hydrogen-bond acceptors (Lipinski definition) is 4. The van der Waals surface area contributed by atoms with Crippen molar-refractivity contribution in [2.75, 3.05) is 13.7 Å².